The number of nitrogens with zero attached hydrogens (tertiary/aromatic N) is 1. The Morgan fingerprint density at radius 1 is 1.31 bits per heavy atom. The summed E-state index contributed by atoms with van der Waals surface area (Å²) in [7, 11) is 0. The van der Waals surface area contributed by atoms with Crippen LogP contribution in [0.2, 0.25) is 0 Å². The molecular formula is C14H30N2. The number of hydrogen-bond donors (Lipinski definition) is 1. The minimum Gasteiger partial charge on any atom is -0.314 e. The van der Waals surface area contributed by atoms with Crippen LogP contribution in [-0.2, 0) is 0 Å². The second-order valence-electron chi connectivity index (χ2n) is 5.83. The van der Waals surface area contributed by atoms with Gasteiger partial charge in [0, 0.05) is 12.1 Å². The molecule has 0 bridgehead atoms. The highest BCUT2D eigenvalue weighted by Gasteiger charge is 2.24. The van der Waals surface area contributed by atoms with Gasteiger partial charge in [-0.3, -0.25) is 0 Å². The molecule has 0 spiro atoms. The summed E-state index contributed by atoms with van der Waals surface area (Å²) in [5.41, 5.74) is 0. The van der Waals surface area contributed by atoms with Gasteiger partial charge in [-0.2, -0.15) is 0 Å². The van der Waals surface area contributed by atoms with E-state index in [0.717, 1.165) is 23.9 Å². The van der Waals surface area contributed by atoms with Gasteiger partial charge in [0.05, 0.1) is 0 Å². The molecule has 0 aromatic carbocycles. The van der Waals surface area contributed by atoms with E-state index in [-0.39, 0.29) is 0 Å². The Bertz CT molecular complexity index is 191. The lowest BCUT2D eigenvalue weighted by Gasteiger charge is -2.38. The van der Waals surface area contributed by atoms with Gasteiger partial charge < -0.3 is 10.2 Å². The molecule has 3 atom stereocenters. The van der Waals surface area contributed by atoms with Crippen molar-refractivity contribution in [2.75, 3.05) is 19.6 Å². The van der Waals surface area contributed by atoms with Gasteiger partial charge in [0.1, 0.15) is 0 Å². The van der Waals surface area contributed by atoms with Crippen LogP contribution >= 0.6 is 0 Å². The molecule has 1 heterocycles. The normalized spacial score (nSPS) is 29.6. The Hall–Kier alpha value is -0.0800. The Morgan fingerprint density at radius 3 is 2.50 bits per heavy atom. The zero-order valence-electron chi connectivity index (χ0n) is 11.8. The van der Waals surface area contributed by atoms with Crippen molar-refractivity contribution in [3.05, 3.63) is 0 Å². The minimum absolute atomic E-state index is 0.749. The summed E-state index contributed by atoms with van der Waals surface area (Å²) in [4.78, 5) is 2.59. The van der Waals surface area contributed by atoms with E-state index < -0.39 is 0 Å². The quantitative estimate of drug-likeness (QED) is 0.775. The average Bonchev–Trinajstić information content (AvgIpc) is 2.25. The van der Waals surface area contributed by atoms with Gasteiger partial charge in [0.15, 0.2) is 0 Å². The zero-order valence-corrected chi connectivity index (χ0v) is 11.8. The van der Waals surface area contributed by atoms with Gasteiger partial charge in [0.2, 0.25) is 0 Å². The second-order valence-corrected chi connectivity index (χ2v) is 5.83. The van der Waals surface area contributed by atoms with Gasteiger partial charge in [-0.25, -0.2) is 0 Å². The van der Waals surface area contributed by atoms with Crippen molar-refractivity contribution in [1.29, 1.82) is 0 Å². The average molecular weight is 226 g/mol. The fourth-order valence-corrected chi connectivity index (χ4v) is 2.46. The standard InChI is InChI=1S/C14H30N2/c1-6-16-8-7-14(9-13(16)5)15-10-12(4)11(2)3/h11-15H,6-10H2,1-5H3. The fraction of sp³-hybridized carbons (Fsp3) is 1.00. The SMILES string of the molecule is CCN1CCC(NCC(C)C(C)C)CC1C. The monoisotopic (exact) mass is 226 g/mol. The van der Waals surface area contributed by atoms with Crippen LogP contribution in [0.5, 0.6) is 0 Å². The number of hydrogen-bond acceptors (Lipinski definition) is 2. The number of piperidine rings is 1. The molecule has 96 valence electrons. The predicted molar refractivity (Wildman–Crippen MR) is 71.7 cm³/mol. The van der Waals surface area contributed by atoms with E-state index in [2.05, 4.69) is 44.8 Å². The van der Waals surface area contributed by atoms with Gasteiger partial charge >= 0.3 is 0 Å². The first-order chi connectivity index (χ1) is 7.54. The van der Waals surface area contributed by atoms with Gasteiger partial charge in [-0.1, -0.05) is 27.7 Å². The fourth-order valence-electron chi connectivity index (χ4n) is 2.46. The van der Waals surface area contributed by atoms with Crippen molar-refractivity contribution in [1.82, 2.24) is 10.2 Å². The Kier molecular flexibility index (Phi) is 5.77. The molecule has 3 unspecified atom stereocenters. The smallest absolute Gasteiger partial charge is 0.00941 e. The van der Waals surface area contributed by atoms with Crippen molar-refractivity contribution in [3.63, 3.8) is 0 Å². The van der Waals surface area contributed by atoms with Crippen molar-refractivity contribution in [3.8, 4) is 0 Å². The number of likely N-dealkylation sites (tertiary alicyclic amines) is 1. The van der Waals surface area contributed by atoms with Crippen molar-refractivity contribution >= 4 is 0 Å². The van der Waals surface area contributed by atoms with Crippen LogP contribution in [0.3, 0.4) is 0 Å². The van der Waals surface area contributed by atoms with Crippen LogP contribution in [-0.4, -0.2) is 36.6 Å². The van der Waals surface area contributed by atoms with Gasteiger partial charge in [-0.05, 0) is 51.2 Å². The molecule has 2 heteroatoms. The first-order valence-electron chi connectivity index (χ1n) is 7.02. The van der Waals surface area contributed by atoms with Gasteiger partial charge in [-0.15, -0.1) is 0 Å². The summed E-state index contributed by atoms with van der Waals surface area (Å²) in [6.45, 7) is 15.3. The summed E-state index contributed by atoms with van der Waals surface area (Å²) < 4.78 is 0. The second kappa shape index (κ2) is 6.61. The lowest BCUT2D eigenvalue weighted by Crippen LogP contribution is -2.48. The van der Waals surface area contributed by atoms with E-state index in [1.807, 2.05) is 0 Å². The maximum atomic E-state index is 3.75. The third-order valence-corrected chi connectivity index (χ3v) is 4.29. The van der Waals surface area contributed by atoms with Crippen LogP contribution in [0, 0.1) is 11.8 Å². The molecule has 1 aliphatic heterocycles. The van der Waals surface area contributed by atoms with E-state index in [9.17, 15) is 0 Å². The molecule has 1 N–H and O–H groups in total. The highest BCUT2D eigenvalue weighted by atomic mass is 15.2. The van der Waals surface area contributed by atoms with Crippen molar-refractivity contribution in [2.45, 2.75) is 59.5 Å². The predicted octanol–water partition coefficient (Wildman–Crippen LogP) is 2.74. The summed E-state index contributed by atoms with van der Waals surface area (Å²) >= 11 is 0. The summed E-state index contributed by atoms with van der Waals surface area (Å²) in [5.74, 6) is 1.58. The Labute approximate surface area is 102 Å². The van der Waals surface area contributed by atoms with Gasteiger partial charge in [0.25, 0.3) is 0 Å². The molecule has 0 radical (unpaired) electrons. The van der Waals surface area contributed by atoms with Crippen LogP contribution < -0.4 is 5.32 Å². The number of nitrogens with one attached hydrogen (secondary N) is 1. The molecule has 0 aromatic rings. The molecular weight excluding hydrogens is 196 g/mol. The maximum absolute atomic E-state index is 3.75. The van der Waals surface area contributed by atoms with Crippen molar-refractivity contribution in [2.24, 2.45) is 11.8 Å². The molecule has 0 amide bonds. The van der Waals surface area contributed by atoms with Crippen molar-refractivity contribution < 1.29 is 0 Å². The first-order valence-corrected chi connectivity index (χ1v) is 7.02. The number of rotatable bonds is 5. The third kappa shape index (κ3) is 4.06. The topological polar surface area (TPSA) is 15.3 Å². The molecule has 0 aliphatic carbocycles. The molecule has 2 nitrogen and oxygen atoms in total. The minimum atomic E-state index is 0.749. The molecule has 0 aromatic heterocycles. The van der Waals surface area contributed by atoms with Crippen LogP contribution in [0.25, 0.3) is 0 Å². The van der Waals surface area contributed by atoms with E-state index in [1.165, 1.54) is 32.5 Å². The molecule has 1 aliphatic rings. The van der Waals surface area contributed by atoms with Crippen LogP contribution in [0.1, 0.15) is 47.5 Å². The van der Waals surface area contributed by atoms with E-state index in [4.69, 9.17) is 0 Å². The highest BCUT2D eigenvalue weighted by Crippen LogP contribution is 2.17. The van der Waals surface area contributed by atoms with E-state index in [0.29, 0.717) is 0 Å². The third-order valence-electron chi connectivity index (χ3n) is 4.29. The summed E-state index contributed by atoms with van der Waals surface area (Å²) in [5, 5.41) is 3.75. The lowest BCUT2D eigenvalue weighted by molar-refractivity contribution is 0.140. The van der Waals surface area contributed by atoms with E-state index in [1.54, 1.807) is 0 Å². The molecule has 1 saturated heterocycles. The Morgan fingerprint density at radius 2 is 2.00 bits per heavy atom. The molecule has 0 saturated carbocycles. The Balaban J connectivity index is 2.25. The first kappa shape index (κ1) is 14.0. The summed E-state index contributed by atoms with van der Waals surface area (Å²) in [6, 6.07) is 1.50. The molecule has 1 rings (SSSR count). The van der Waals surface area contributed by atoms with Crippen LogP contribution in [0.15, 0.2) is 0 Å². The highest BCUT2D eigenvalue weighted by molar-refractivity contribution is 4.82. The van der Waals surface area contributed by atoms with E-state index >= 15 is 0 Å². The molecule has 1 fully saturated rings. The molecule has 16 heavy (non-hydrogen) atoms. The summed E-state index contributed by atoms with van der Waals surface area (Å²) in [6.07, 6.45) is 2.64. The van der Waals surface area contributed by atoms with Crippen LogP contribution in [0.4, 0.5) is 0 Å². The largest absolute Gasteiger partial charge is 0.314 e. The zero-order chi connectivity index (χ0) is 12.1. The lowest BCUT2D eigenvalue weighted by atomic mass is 9.95. The maximum Gasteiger partial charge on any atom is 0.00941 e.